The monoisotopic (exact) mass is 82.0 g/mol. The average molecular weight is 82.1 g/mol. The van der Waals surface area contributed by atoms with Crippen molar-refractivity contribution in [1.29, 1.82) is 0 Å². The summed E-state index contributed by atoms with van der Waals surface area (Å²) in [6.07, 6.45) is 0. The molecule has 0 bridgehead atoms. The van der Waals surface area contributed by atoms with Gasteiger partial charge >= 0.3 is 11.3 Å². The van der Waals surface area contributed by atoms with Crippen molar-refractivity contribution in [3.63, 3.8) is 0 Å². The van der Waals surface area contributed by atoms with Gasteiger partial charge in [-0.25, -0.2) is 0 Å². The van der Waals surface area contributed by atoms with Gasteiger partial charge < -0.3 is 16.4 Å². The van der Waals surface area contributed by atoms with Crippen molar-refractivity contribution in [1.82, 2.24) is 0 Å². The quantitative estimate of drug-likeness (QED) is 0.227. The van der Waals surface area contributed by atoms with E-state index in [0.29, 0.717) is 0 Å². The van der Waals surface area contributed by atoms with E-state index < -0.39 is 0 Å². The first-order valence-corrected chi connectivity index (χ1v) is 0.204. The van der Waals surface area contributed by atoms with E-state index in [-0.39, 0.29) is 16.4 Å². The molecule has 0 fully saturated rings. The molecule has 0 rings (SSSR count). The fourth-order valence-electron chi connectivity index (χ4n) is 0. The van der Waals surface area contributed by atoms with Gasteiger partial charge in [0.15, 0.2) is 0 Å². The number of hydrogen-bond donors (Lipinski definition) is 0. The van der Waals surface area contributed by atoms with Crippen molar-refractivity contribution in [2.45, 2.75) is 0 Å². The molecule has 0 radical (unpaired) electrons. The second kappa shape index (κ2) is 172. The molecule has 0 saturated carbocycles. The van der Waals surface area contributed by atoms with E-state index in [1.807, 2.05) is 0 Å². The molecule has 4 nitrogen and oxygen atoms in total. The molecule has 0 aliphatic heterocycles. The van der Waals surface area contributed by atoms with E-state index >= 15 is 0 Å². The van der Waals surface area contributed by atoms with Crippen LogP contribution in [0.5, 0.6) is 0 Å². The zero-order chi connectivity index (χ0) is 2.00. The molecular weight excluding hydrogens is 76.0 g/mol. The predicted molar refractivity (Wildman–Crippen MR) is 14.8 cm³/mol. The summed E-state index contributed by atoms with van der Waals surface area (Å²) in [5.41, 5.74) is 0. The van der Waals surface area contributed by atoms with Gasteiger partial charge in [-0.15, -0.1) is 0 Å². The van der Waals surface area contributed by atoms with E-state index in [1.165, 1.54) is 0 Å². The molecule has 6 N–H and O–H groups in total. The molecule has 5 heavy (non-hydrogen) atoms. The first-order valence-electron chi connectivity index (χ1n) is 0.204. The van der Waals surface area contributed by atoms with Crippen molar-refractivity contribution >= 4 is 0 Å². The Morgan fingerprint density at radius 1 is 0.800 bits per heavy atom. The summed E-state index contributed by atoms with van der Waals surface area (Å²) >= 11 is 0. The molecule has 0 amide bonds. The van der Waals surface area contributed by atoms with Crippen LogP contribution in [-0.2, 0) is 4.65 Å². The van der Waals surface area contributed by atoms with Crippen LogP contribution in [0, 0.1) is 6.65 Å². The molecule has 0 aliphatic carbocycles. The summed E-state index contributed by atoms with van der Waals surface area (Å²) in [5, 5.41) is 0. The van der Waals surface area contributed by atoms with Gasteiger partial charge in [0.05, 0.1) is 0 Å². The maximum atomic E-state index is 7.50. The van der Waals surface area contributed by atoms with Gasteiger partial charge in [-0.2, -0.15) is 0 Å². The molecule has 0 spiro atoms. The number of rotatable bonds is 0. The van der Waals surface area contributed by atoms with Gasteiger partial charge in [-0.1, -0.05) is 0 Å². The van der Waals surface area contributed by atoms with Crippen molar-refractivity contribution in [2.75, 3.05) is 0 Å². The molecule has 0 unspecified atom stereocenters. The minimum atomic E-state index is 0. The van der Waals surface area contributed by atoms with Crippen LogP contribution in [-0.4, -0.2) is 16.4 Å². The van der Waals surface area contributed by atoms with Crippen molar-refractivity contribution < 1.29 is 21.1 Å². The van der Waals surface area contributed by atoms with Crippen LogP contribution < -0.4 is 0 Å². The molecule has 0 heterocycles. The fourth-order valence-corrected chi connectivity index (χ4v) is 0. The standard InChI is InChI=1S/CO.3H2O/c1-2;;;/h;3*1H2. The van der Waals surface area contributed by atoms with Crippen LogP contribution in [0.4, 0.5) is 0 Å². The van der Waals surface area contributed by atoms with Crippen LogP contribution in [0.2, 0.25) is 0 Å². The third-order valence-corrected chi connectivity index (χ3v) is 0. The molecule has 0 atom stereocenters. The Labute approximate surface area is 29.1 Å². The van der Waals surface area contributed by atoms with Crippen molar-refractivity contribution in [3.05, 3.63) is 6.65 Å². The van der Waals surface area contributed by atoms with E-state index in [4.69, 9.17) is 4.65 Å². The van der Waals surface area contributed by atoms with Gasteiger partial charge in [-0.3, -0.25) is 0 Å². The molecule has 0 aromatic carbocycles. The Balaban J connectivity index is -0.00000000167. The molecule has 0 saturated heterocycles. The van der Waals surface area contributed by atoms with Gasteiger partial charge in [0.25, 0.3) is 0 Å². The fraction of sp³-hybridized carbons (Fsp3) is 0. The zero-order valence-electron chi connectivity index (χ0n) is 2.41. The summed E-state index contributed by atoms with van der Waals surface area (Å²) in [6.45, 7) is 4.50. The third-order valence-electron chi connectivity index (χ3n) is 0. The molecule has 34 valence electrons. The van der Waals surface area contributed by atoms with Crippen LogP contribution in [0.25, 0.3) is 0 Å². The molecular formula is CH6O4. The van der Waals surface area contributed by atoms with E-state index in [9.17, 15) is 0 Å². The Hall–Kier alpha value is -0.380. The Bertz CT molecular complexity index is 8.36. The summed E-state index contributed by atoms with van der Waals surface area (Å²) < 4.78 is 7.50. The normalized spacial score (nSPS) is 0.400. The second-order valence-corrected chi connectivity index (χ2v) is 0. The predicted octanol–water partition coefficient (Wildman–Crippen LogP) is -2.51. The first kappa shape index (κ1) is 157. The van der Waals surface area contributed by atoms with Gasteiger partial charge in [0.1, 0.15) is 0 Å². The molecule has 4 heteroatoms. The molecule has 0 aliphatic rings. The topological polar surface area (TPSA) is 114 Å². The Morgan fingerprint density at radius 3 is 0.800 bits per heavy atom. The molecule has 0 aromatic rings. The van der Waals surface area contributed by atoms with E-state index in [1.54, 1.807) is 0 Å². The van der Waals surface area contributed by atoms with Gasteiger partial charge in [0, 0.05) is 0 Å². The first-order chi connectivity index (χ1) is 1.00. The number of hydrogen-bond acceptors (Lipinski definition) is 0. The van der Waals surface area contributed by atoms with Crippen LogP contribution in [0.1, 0.15) is 0 Å². The molecule has 0 aromatic heterocycles. The summed E-state index contributed by atoms with van der Waals surface area (Å²) in [5.74, 6) is 0. The summed E-state index contributed by atoms with van der Waals surface area (Å²) in [7, 11) is 0. The summed E-state index contributed by atoms with van der Waals surface area (Å²) in [6, 6.07) is 0. The SMILES string of the molecule is O.O.O.[C-]#[O+]. The van der Waals surface area contributed by atoms with Crippen LogP contribution in [0.15, 0.2) is 0 Å². The maximum absolute atomic E-state index is 7.50. The van der Waals surface area contributed by atoms with Crippen LogP contribution >= 0.6 is 0 Å². The average Bonchev–Trinajstić information content (AvgIpc) is 1.00. The van der Waals surface area contributed by atoms with Crippen LogP contribution in [0.3, 0.4) is 0 Å². The zero-order valence-corrected chi connectivity index (χ0v) is 2.41. The minimum absolute atomic E-state index is 0. The van der Waals surface area contributed by atoms with Crippen molar-refractivity contribution in [3.8, 4) is 0 Å². The van der Waals surface area contributed by atoms with Gasteiger partial charge in [-0.05, 0) is 0 Å². The van der Waals surface area contributed by atoms with Crippen molar-refractivity contribution in [2.24, 2.45) is 0 Å². The summed E-state index contributed by atoms with van der Waals surface area (Å²) in [4.78, 5) is 0. The Morgan fingerprint density at radius 2 is 0.800 bits per heavy atom. The third kappa shape index (κ3) is 65.8. The Kier molecular flexibility index (Phi) is 5420. The second-order valence-electron chi connectivity index (χ2n) is 0. The van der Waals surface area contributed by atoms with E-state index in [2.05, 4.69) is 6.65 Å². The van der Waals surface area contributed by atoms with Gasteiger partial charge in [0.2, 0.25) is 0 Å². The van der Waals surface area contributed by atoms with E-state index in [0.717, 1.165) is 0 Å².